The normalized spacial score (nSPS) is 13.0. The molecule has 1 N–H and O–H groups in total. The van der Waals surface area contributed by atoms with Gasteiger partial charge in [0, 0.05) is 23.7 Å². The fourth-order valence-electron chi connectivity index (χ4n) is 3.61. The van der Waals surface area contributed by atoms with E-state index in [1.807, 2.05) is 17.5 Å². The summed E-state index contributed by atoms with van der Waals surface area (Å²) in [5.74, 6) is -1.88. The van der Waals surface area contributed by atoms with Gasteiger partial charge >= 0.3 is 12.4 Å². The summed E-state index contributed by atoms with van der Waals surface area (Å²) in [7, 11) is 1.27. The molecule has 0 heterocycles. The zero-order chi connectivity index (χ0) is 30.9. The van der Waals surface area contributed by atoms with Crippen LogP contribution in [0.3, 0.4) is 0 Å². The largest absolute Gasteiger partial charge is 0.426 e. The van der Waals surface area contributed by atoms with Gasteiger partial charge < -0.3 is 10.2 Å². The molecular formula is C27H16ClF7N4O2. The molecule has 1 unspecified atom stereocenters. The lowest BCUT2D eigenvalue weighted by molar-refractivity contribution is -0.228. The first kappa shape index (κ1) is 30.9. The van der Waals surface area contributed by atoms with Crippen LogP contribution in [-0.4, -0.2) is 25.0 Å². The molecule has 212 valence electrons. The number of benzene rings is 3. The van der Waals surface area contributed by atoms with Crippen molar-refractivity contribution >= 4 is 34.8 Å². The second-order valence-corrected chi connectivity index (χ2v) is 9.14. The molecule has 0 fully saturated rings. The van der Waals surface area contributed by atoms with Crippen LogP contribution in [0, 0.1) is 22.7 Å². The third-order valence-electron chi connectivity index (χ3n) is 6.02. The lowest BCUT2D eigenvalue weighted by Gasteiger charge is -2.26. The van der Waals surface area contributed by atoms with Crippen LogP contribution in [-0.2, 0) is 11.8 Å². The lowest BCUT2D eigenvalue weighted by Crippen LogP contribution is -2.35. The summed E-state index contributed by atoms with van der Waals surface area (Å²) < 4.78 is 95.3. The zero-order valence-corrected chi connectivity index (χ0v) is 21.6. The molecule has 3 aromatic carbocycles. The van der Waals surface area contributed by atoms with Crippen molar-refractivity contribution in [2.45, 2.75) is 24.9 Å². The molecule has 0 saturated carbocycles. The average molecular weight is 597 g/mol. The summed E-state index contributed by atoms with van der Waals surface area (Å²) in [6.07, 6.45) is -10.9. The van der Waals surface area contributed by atoms with Gasteiger partial charge in [0.05, 0.1) is 39.2 Å². The standard InChI is InChI=1S/C27H16ClF7N4O2/c1-25(29,27(33,34)35)18-10-19(26(30,31)32)22(20(28)11-18)38-23(40)16-7-8-17(13-37)21(9-16)39(2)24(41)15-5-3-14(12-36)4-6-15/h3-11H,1-2H3,(H,38,40). The van der Waals surface area contributed by atoms with E-state index in [9.17, 15) is 45.6 Å². The van der Waals surface area contributed by atoms with Crippen molar-refractivity contribution in [1.29, 1.82) is 10.5 Å². The van der Waals surface area contributed by atoms with Gasteiger partial charge in [-0.25, -0.2) is 4.39 Å². The predicted octanol–water partition coefficient (Wildman–Crippen LogP) is 7.38. The van der Waals surface area contributed by atoms with E-state index in [4.69, 9.17) is 16.9 Å². The highest BCUT2D eigenvalue weighted by molar-refractivity contribution is 6.34. The van der Waals surface area contributed by atoms with E-state index in [2.05, 4.69) is 0 Å². The Morgan fingerprint density at radius 3 is 1.98 bits per heavy atom. The Hall–Kier alpha value is -4.62. The van der Waals surface area contributed by atoms with Crippen LogP contribution in [0.2, 0.25) is 5.02 Å². The third kappa shape index (κ3) is 6.26. The highest BCUT2D eigenvalue weighted by Crippen LogP contribution is 2.47. The van der Waals surface area contributed by atoms with Crippen LogP contribution in [0.5, 0.6) is 0 Å². The van der Waals surface area contributed by atoms with Crippen molar-refractivity contribution in [2.75, 3.05) is 17.3 Å². The van der Waals surface area contributed by atoms with E-state index in [1.165, 1.54) is 31.3 Å². The summed E-state index contributed by atoms with van der Waals surface area (Å²) in [6, 6.07) is 12.6. The molecule has 41 heavy (non-hydrogen) atoms. The molecule has 0 aliphatic carbocycles. The van der Waals surface area contributed by atoms with Crippen LogP contribution in [0.25, 0.3) is 0 Å². The van der Waals surface area contributed by atoms with Crippen LogP contribution in [0.4, 0.5) is 42.1 Å². The number of nitrogens with zero attached hydrogens (tertiary/aromatic N) is 3. The molecule has 0 aromatic heterocycles. The van der Waals surface area contributed by atoms with Gasteiger partial charge in [0.1, 0.15) is 6.07 Å². The first-order valence-electron chi connectivity index (χ1n) is 11.2. The van der Waals surface area contributed by atoms with Crippen molar-refractivity contribution in [3.63, 3.8) is 0 Å². The Morgan fingerprint density at radius 1 is 0.878 bits per heavy atom. The van der Waals surface area contributed by atoms with Gasteiger partial charge in [0.15, 0.2) is 0 Å². The maximum atomic E-state index is 14.4. The van der Waals surface area contributed by atoms with Gasteiger partial charge in [-0.2, -0.15) is 36.9 Å². The molecule has 0 aliphatic rings. The monoisotopic (exact) mass is 596 g/mol. The zero-order valence-electron chi connectivity index (χ0n) is 20.9. The predicted molar refractivity (Wildman–Crippen MR) is 134 cm³/mol. The van der Waals surface area contributed by atoms with E-state index in [0.29, 0.717) is 6.07 Å². The Balaban J connectivity index is 2.03. The summed E-state index contributed by atoms with van der Waals surface area (Å²) in [5.41, 5.74) is -8.72. The third-order valence-corrected chi connectivity index (χ3v) is 6.31. The van der Waals surface area contributed by atoms with Gasteiger partial charge in [-0.15, -0.1) is 0 Å². The summed E-state index contributed by atoms with van der Waals surface area (Å²) in [5, 5.41) is 19.3. The number of halogens is 8. The molecule has 2 amide bonds. The van der Waals surface area contributed by atoms with Crippen LogP contribution in [0.15, 0.2) is 54.6 Å². The van der Waals surface area contributed by atoms with E-state index >= 15 is 0 Å². The van der Waals surface area contributed by atoms with Crippen LogP contribution in [0.1, 0.15) is 49.9 Å². The van der Waals surface area contributed by atoms with Crippen LogP contribution < -0.4 is 10.2 Å². The van der Waals surface area contributed by atoms with Gasteiger partial charge in [0.25, 0.3) is 11.8 Å². The smallest absolute Gasteiger partial charge is 0.320 e. The number of nitrogens with one attached hydrogen (secondary N) is 1. The van der Waals surface area contributed by atoms with Crippen molar-refractivity contribution in [3.8, 4) is 12.1 Å². The minimum atomic E-state index is -5.57. The molecule has 0 bridgehead atoms. The van der Waals surface area contributed by atoms with Gasteiger partial charge in [0.2, 0.25) is 5.67 Å². The van der Waals surface area contributed by atoms with E-state index in [0.717, 1.165) is 23.1 Å². The molecule has 1 atom stereocenters. The Kier molecular flexibility index (Phi) is 8.37. The SMILES string of the molecule is CN(C(=O)c1ccc(C#N)cc1)c1cc(C(=O)Nc2c(Cl)cc(C(C)(F)C(F)(F)F)cc2C(F)(F)F)ccc1C#N. The highest BCUT2D eigenvalue weighted by Gasteiger charge is 2.54. The lowest BCUT2D eigenvalue weighted by atomic mass is 9.94. The first-order chi connectivity index (χ1) is 18.9. The molecule has 0 saturated heterocycles. The van der Waals surface area contributed by atoms with Crippen molar-refractivity contribution < 1.29 is 40.3 Å². The fourth-order valence-corrected chi connectivity index (χ4v) is 3.88. The number of carbonyl (C=O) groups is 2. The fraction of sp³-hybridized carbons (Fsp3) is 0.185. The quantitative estimate of drug-likeness (QED) is 0.311. The maximum absolute atomic E-state index is 14.4. The van der Waals surface area contributed by atoms with Gasteiger partial charge in [-0.05, 0) is 61.5 Å². The number of nitriles is 2. The minimum Gasteiger partial charge on any atom is -0.320 e. The second-order valence-electron chi connectivity index (χ2n) is 8.73. The maximum Gasteiger partial charge on any atom is 0.426 e. The molecule has 0 radical (unpaired) electrons. The number of carbonyl (C=O) groups excluding carboxylic acids is 2. The molecule has 0 aliphatic heterocycles. The Morgan fingerprint density at radius 2 is 1.46 bits per heavy atom. The van der Waals surface area contributed by atoms with E-state index in [-0.39, 0.29) is 40.9 Å². The Bertz CT molecular complexity index is 1600. The Labute approximate surface area is 233 Å². The number of hydrogen-bond donors (Lipinski definition) is 1. The van der Waals surface area contributed by atoms with Gasteiger partial charge in [-0.3, -0.25) is 9.59 Å². The summed E-state index contributed by atoms with van der Waals surface area (Å²) in [6.45, 7) is 0.0328. The summed E-state index contributed by atoms with van der Waals surface area (Å²) in [4.78, 5) is 26.9. The summed E-state index contributed by atoms with van der Waals surface area (Å²) >= 11 is 5.82. The topological polar surface area (TPSA) is 97.0 Å². The van der Waals surface area contributed by atoms with Crippen molar-refractivity contribution in [3.05, 3.63) is 93.0 Å². The number of amides is 2. The molecule has 6 nitrogen and oxygen atoms in total. The number of alkyl halides is 7. The van der Waals surface area contributed by atoms with Crippen molar-refractivity contribution in [1.82, 2.24) is 0 Å². The minimum absolute atomic E-state index is 0.0328. The van der Waals surface area contributed by atoms with Crippen LogP contribution >= 0.6 is 11.6 Å². The number of anilines is 2. The number of hydrogen-bond acceptors (Lipinski definition) is 4. The van der Waals surface area contributed by atoms with Gasteiger partial charge in [-0.1, -0.05) is 11.6 Å². The van der Waals surface area contributed by atoms with E-state index in [1.54, 1.807) is 0 Å². The molecular weight excluding hydrogens is 581 g/mol. The second kappa shape index (κ2) is 11.1. The average Bonchev–Trinajstić information content (AvgIpc) is 2.91. The van der Waals surface area contributed by atoms with Crippen molar-refractivity contribution in [2.24, 2.45) is 0 Å². The van der Waals surface area contributed by atoms with E-state index < -0.39 is 51.7 Å². The number of rotatable bonds is 5. The molecule has 0 spiro atoms. The first-order valence-corrected chi connectivity index (χ1v) is 11.6. The highest BCUT2D eigenvalue weighted by atomic mass is 35.5. The molecule has 3 aromatic rings. The molecule has 14 heteroatoms. The molecule has 3 rings (SSSR count).